The van der Waals surface area contributed by atoms with Crippen LogP contribution in [0.25, 0.3) is 0 Å². The Balaban J connectivity index is 0. The quantitative estimate of drug-likeness (QED) is 0.562. The molecule has 0 bridgehead atoms. The number of rotatable bonds is 3. The summed E-state index contributed by atoms with van der Waals surface area (Å²) in [6.45, 7) is 9.52. The highest BCUT2D eigenvalue weighted by Gasteiger charge is 2.15. The molecule has 0 aromatic rings. The molecular formula is C10H24N2S. The topological polar surface area (TPSA) is 15.3 Å². The number of likely N-dealkylation sites (tertiary alicyclic amines) is 1. The van der Waals surface area contributed by atoms with E-state index >= 15 is 0 Å². The van der Waals surface area contributed by atoms with Crippen LogP contribution in [0, 0.1) is 0 Å². The van der Waals surface area contributed by atoms with Gasteiger partial charge in [-0.15, -0.1) is 0 Å². The molecule has 1 saturated heterocycles. The van der Waals surface area contributed by atoms with Crippen LogP contribution in [-0.2, 0) is 0 Å². The zero-order chi connectivity index (χ0) is 10.1. The van der Waals surface area contributed by atoms with Crippen molar-refractivity contribution in [2.45, 2.75) is 40.0 Å². The lowest BCUT2D eigenvalue weighted by Crippen LogP contribution is -2.47. The Morgan fingerprint density at radius 2 is 2.08 bits per heavy atom. The predicted molar refractivity (Wildman–Crippen MR) is 65.2 cm³/mol. The van der Waals surface area contributed by atoms with E-state index < -0.39 is 0 Å². The molecule has 0 unspecified atom stereocenters. The number of unbranched alkanes of at least 4 members (excludes halogenated alkanes) is 1. The second kappa shape index (κ2) is 8.30. The first-order chi connectivity index (χ1) is 6.34. The standard InChI is InChI=1S/C8H16N2S.C2H6.H2/c1-2-3-5-9-8(11)10-6-4-7-10;1-2;/h2-7H2,1H3,(H,9,11);1-2H3;1H. The third kappa shape index (κ3) is 5.09. The summed E-state index contributed by atoms with van der Waals surface area (Å²) in [5.74, 6) is 0. The first-order valence-electron chi connectivity index (χ1n) is 5.37. The number of nitrogens with zero attached hydrogens (tertiary/aromatic N) is 1. The number of hydrogen-bond acceptors (Lipinski definition) is 1. The predicted octanol–water partition coefficient (Wildman–Crippen LogP) is 2.64. The maximum absolute atomic E-state index is 5.16. The van der Waals surface area contributed by atoms with Gasteiger partial charge in [-0.3, -0.25) is 0 Å². The molecule has 13 heavy (non-hydrogen) atoms. The Hall–Kier alpha value is -0.310. The lowest BCUT2D eigenvalue weighted by molar-refractivity contribution is 0.296. The first kappa shape index (κ1) is 12.7. The smallest absolute Gasteiger partial charge is 0.168 e. The van der Waals surface area contributed by atoms with E-state index in [-0.39, 0.29) is 1.43 Å². The average molecular weight is 204 g/mol. The zero-order valence-electron chi connectivity index (χ0n) is 9.10. The summed E-state index contributed by atoms with van der Waals surface area (Å²) in [7, 11) is 0. The molecule has 1 fully saturated rings. The van der Waals surface area contributed by atoms with Gasteiger partial charge in [0, 0.05) is 21.1 Å². The molecule has 1 N–H and O–H groups in total. The summed E-state index contributed by atoms with van der Waals surface area (Å²) in [4.78, 5) is 2.21. The molecule has 0 radical (unpaired) electrons. The van der Waals surface area contributed by atoms with Gasteiger partial charge in [0.15, 0.2) is 5.11 Å². The average Bonchev–Trinajstić information content (AvgIpc) is 2.05. The Morgan fingerprint density at radius 3 is 2.46 bits per heavy atom. The summed E-state index contributed by atoms with van der Waals surface area (Å²) in [6, 6.07) is 0. The van der Waals surface area contributed by atoms with E-state index in [0.717, 1.165) is 24.7 Å². The fourth-order valence-electron chi connectivity index (χ4n) is 1.00. The van der Waals surface area contributed by atoms with Gasteiger partial charge in [-0.2, -0.15) is 0 Å². The zero-order valence-corrected chi connectivity index (χ0v) is 9.91. The van der Waals surface area contributed by atoms with Crippen molar-refractivity contribution < 1.29 is 1.43 Å². The SMILES string of the molecule is CC.CCCCNC(=S)N1CCC1.[HH]. The highest BCUT2D eigenvalue weighted by molar-refractivity contribution is 7.80. The number of thiocarbonyl (C=S) groups is 1. The fourth-order valence-corrected chi connectivity index (χ4v) is 1.29. The molecule has 1 aliphatic rings. The van der Waals surface area contributed by atoms with Crippen molar-refractivity contribution in [1.29, 1.82) is 0 Å². The molecule has 0 saturated carbocycles. The maximum atomic E-state index is 5.16. The van der Waals surface area contributed by atoms with Gasteiger partial charge in [0.2, 0.25) is 0 Å². The van der Waals surface area contributed by atoms with Crippen molar-refractivity contribution in [3.8, 4) is 0 Å². The molecule has 80 valence electrons. The van der Waals surface area contributed by atoms with Crippen molar-refractivity contribution in [2.75, 3.05) is 19.6 Å². The Labute approximate surface area is 89.2 Å². The molecule has 1 rings (SSSR count). The fraction of sp³-hybridized carbons (Fsp3) is 0.900. The minimum Gasteiger partial charge on any atom is -0.363 e. The number of nitrogens with one attached hydrogen (secondary N) is 1. The Bertz CT molecular complexity index is 138. The second-order valence-corrected chi connectivity index (χ2v) is 3.31. The van der Waals surface area contributed by atoms with Crippen LogP contribution >= 0.6 is 12.2 Å². The molecule has 0 aromatic carbocycles. The molecule has 2 nitrogen and oxygen atoms in total. The van der Waals surface area contributed by atoms with E-state index in [2.05, 4.69) is 17.1 Å². The molecule has 0 aromatic heterocycles. The minimum atomic E-state index is 0. The molecule has 0 amide bonds. The summed E-state index contributed by atoms with van der Waals surface area (Å²) < 4.78 is 0. The van der Waals surface area contributed by atoms with Crippen molar-refractivity contribution in [3.63, 3.8) is 0 Å². The van der Waals surface area contributed by atoms with Gasteiger partial charge in [0.1, 0.15) is 0 Å². The van der Waals surface area contributed by atoms with Gasteiger partial charge in [-0.1, -0.05) is 27.2 Å². The van der Waals surface area contributed by atoms with Gasteiger partial charge >= 0.3 is 0 Å². The van der Waals surface area contributed by atoms with Crippen LogP contribution in [-0.4, -0.2) is 29.6 Å². The number of hydrogen-bond donors (Lipinski definition) is 1. The molecule has 0 spiro atoms. The van der Waals surface area contributed by atoms with E-state index in [4.69, 9.17) is 12.2 Å². The summed E-state index contributed by atoms with van der Waals surface area (Å²) >= 11 is 5.16. The Kier molecular flexibility index (Phi) is 8.10. The highest BCUT2D eigenvalue weighted by Crippen LogP contribution is 2.05. The molecular weight excluding hydrogens is 180 g/mol. The van der Waals surface area contributed by atoms with Gasteiger partial charge in [-0.05, 0) is 25.1 Å². The van der Waals surface area contributed by atoms with E-state index in [1.807, 2.05) is 13.8 Å². The van der Waals surface area contributed by atoms with Crippen LogP contribution < -0.4 is 5.32 Å². The Morgan fingerprint density at radius 1 is 1.46 bits per heavy atom. The minimum absolute atomic E-state index is 0. The van der Waals surface area contributed by atoms with Crippen molar-refractivity contribution in [1.82, 2.24) is 10.2 Å². The molecule has 3 heteroatoms. The lowest BCUT2D eigenvalue weighted by Gasteiger charge is -2.33. The second-order valence-electron chi connectivity index (χ2n) is 2.93. The van der Waals surface area contributed by atoms with Crippen LogP contribution in [0.3, 0.4) is 0 Å². The van der Waals surface area contributed by atoms with Crippen LogP contribution in [0.1, 0.15) is 41.5 Å². The summed E-state index contributed by atoms with van der Waals surface area (Å²) in [5, 5.41) is 4.19. The van der Waals surface area contributed by atoms with Crippen molar-refractivity contribution in [2.24, 2.45) is 0 Å². The van der Waals surface area contributed by atoms with Crippen LogP contribution in [0.15, 0.2) is 0 Å². The summed E-state index contributed by atoms with van der Waals surface area (Å²) in [6.07, 6.45) is 3.75. The van der Waals surface area contributed by atoms with Crippen LogP contribution in [0.5, 0.6) is 0 Å². The third-order valence-corrected chi connectivity index (χ3v) is 2.35. The lowest BCUT2D eigenvalue weighted by atomic mass is 10.2. The molecule has 1 heterocycles. The van der Waals surface area contributed by atoms with E-state index in [9.17, 15) is 0 Å². The molecule has 1 aliphatic heterocycles. The van der Waals surface area contributed by atoms with Crippen molar-refractivity contribution in [3.05, 3.63) is 0 Å². The summed E-state index contributed by atoms with van der Waals surface area (Å²) in [5.41, 5.74) is 0. The van der Waals surface area contributed by atoms with Crippen molar-refractivity contribution >= 4 is 17.3 Å². The largest absolute Gasteiger partial charge is 0.363 e. The van der Waals surface area contributed by atoms with E-state index in [1.54, 1.807) is 0 Å². The highest BCUT2D eigenvalue weighted by atomic mass is 32.1. The van der Waals surface area contributed by atoms with Gasteiger partial charge in [-0.25, -0.2) is 0 Å². The van der Waals surface area contributed by atoms with E-state index in [1.165, 1.54) is 19.3 Å². The van der Waals surface area contributed by atoms with Crippen LogP contribution in [0.4, 0.5) is 0 Å². The normalized spacial score (nSPS) is 13.9. The third-order valence-electron chi connectivity index (χ3n) is 1.95. The molecule has 0 aliphatic carbocycles. The van der Waals surface area contributed by atoms with Gasteiger partial charge < -0.3 is 10.2 Å². The maximum Gasteiger partial charge on any atom is 0.168 e. The molecule has 0 atom stereocenters. The van der Waals surface area contributed by atoms with Crippen LogP contribution in [0.2, 0.25) is 0 Å². The first-order valence-corrected chi connectivity index (χ1v) is 5.78. The van der Waals surface area contributed by atoms with Gasteiger partial charge in [0.25, 0.3) is 0 Å². The monoisotopic (exact) mass is 204 g/mol. The van der Waals surface area contributed by atoms with Gasteiger partial charge in [0.05, 0.1) is 0 Å². The van der Waals surface area contributed by atoms with E-state index in [0.29, 0.717) is 0 Å².